The molecule has 2 N–H and O–H groups in total. The van der Waals surface area contributed by atoms with E-state index in [2.05, 4.69) is 31.4 Å². The molecule has 1 aromatic rings. The van der Waals surface area contributed by atoms with Gasteiger partial charge in [0.15, 0.2) is 5.69 Å². The molecule has 15 heavy (non-hydrogen) atoms. The predicted octanol–water partition coefficient (Wildman–Crippen LogP) is 1.22. The number of nitrogens with zero attached hydrogens (tertiary/aromatic N) is 2. The van der Waals surface area contributed by atoms with Crippen LogP contribution < -0.4 is 5.32 Å². The number of carbonyl (C=O) groups excluding carboxylic acids is 1. The Morgan fingerprint density at radius 1 is 1.67 bits per heavy atom. The molecular weight excluding hydrogens is 268 g/mol. The van der Waals surface area contributed by atoms with E-state index in [4.69, 9.17) is 0 Å². The maximum atomic E-state index is 11.5. The Balaban J connectivity index is 2.96. The lowest BCUT2D eigenvalue weighted by molar-refractivity contribution is -0.390. The number of rotatable bonds is 3. The van der Waals surface area contributed by atoms with Crippen molar-refractivity contribution in [3.8, 4) is 0 Å². The van der Waals surface area contributed by atoms with E-state index >= 15 is 0 Å². The van der Waals surface area contributed by atoms with Gasteiger partial charge >= 0.3 is 5.82 Å². The molecular formula is C7H9BrN4O3. The van der Waals surface area contributed by atoms with Crippen molar-refractivity contribution in [3.05, 3.63) is 20.3 Å². The molecule has 1 rings (SSSR count). The number of nitrogens with one attached hydrogen (secondary N) is 2. The molecule has 0 atom stereocenters. The van der Waals surface area contributed by atoms with Gasteiger partial charge in [0.25, 0.3) is 5.91 Å². The van der Waals surface area contributed by atoms with Crippen molar-refractivity contribution >= 4 is 27.7 Å². The fourth-order valence-electron chi connectivity index (χ4n) is 0.921. The van der Waals surface area contributed by atoms with Crippen molar-refractivity contribution < 1.29 is 9.72 Å². The summed E-state index contributed by atoms with van der Waals surface area (Å²) in [5.74, 6) is -0.787. The molecule has 0 radical (unpaired) electrons. The van der Waals surface area contributed by atoms with Crippen molar-refractivity contribution in [1.29, 1.82) is 0 Å². The van der Waals surface area contributed by atoms with E-state index in [1.807, 2.05) is 0 Å². The average molecular weight is 277 g/mol. The number of carbonyl (C=O) groups is 1. The first kappa shape index (κ1) is 11.6. The van der Waals surface area contributed by atoms with Crippen molar-refractivity contribution in [2.24, 2.45) is 0 Å². The van der Waals surface area contributed by atoms with Crippen molar-refractivity contribution in [2.75, 3.05) is 0 Å². The van der Waals surface area contributed by atoms with Gasteiger partial charge in [-0.1, -0.05) is 5.10 Å². The molecule has 7 nitrogen and oxygen atoms in total. The summed E-state index contributed by atoms with van der Waals surface area (Å²) < 4.78 is 0.0608. The quantitative estimate of drug-likeness (QED) is 0.640. The first-order valence-electron chi connectivity index (χ1n) is 4.12. The largest absolute Gasteiger partial charge is 0.358 e. The zero-order valence-electron chi connectivity index (χ0n) is 8.07. The maximum Gasteiger partial charge on any atom is 0.357 e. The smallest absolute Gasteiger partial charge is 0.357 e. The van der Waals surface area contributed by atoms with E-state index in [0.717, 1.165) is 0 Å². The zero-order chi connectivity index (χ0) is 11.6. The van der Waals surface area contributed by atoms with Gasteiger partial charge in [-0.3, -0.25) is 4.79 Å². The lowest BCUT2D eigenvalue weighted by atomic mass is 10.3. The summed E-state index contributed by atoms with van der Waals surface area (Å²) in [6.45, 7) is 3.57. The Bertz CT molecular complexity index is 401. The van der Waals surface area contributed by atoms with Gasteiger partial charge in [0, 0.05) is 6.04 Å². The van der Waals surface area contributed by atoms with Gasteiger partial charge in [0.2, 0.25) is 0 Å². The van der Waals surface area contributed by atoms with Gasteiger partial charge in [0.1, 0.15) is 4.47 Å². The Hall–Kier alpha value is -1.44. The molecule has 0 saturated carbocycles. The highest BCUT2D eigenvalue weighted by molar-refractivity contribution is 9.10. The second kappa shape index (κ2) is 4.39. The maximum absolute atomic E-state index is 11.5. The molecule has 0 unspecified atom stereocenters. The van der Waals surface area contributed by atoms with Crippen molar-refractivity contribution in [3.63, 3.8) is 0 Å². The number of nitro groups is 1. The topological polar surface area (TPSA) is 101 Å². The number of hydrogen-bond acceptors (Lipinski definition) is 4. The Morgan fingerprint density at radius 3 is 2.67 bits per heavy atom. The summed E-state index contributed by atoms with van der Waals surface area (Å²) in [7, 11) is 0. The molecule has 0 saturated heterocycles. The first-order chi connectivity index (χ1) is 6.93. The third kappa shape index (κ3) is 2.52. The second-order valence-corrected chi connectivity index (χ2v) is 3.91. The van der Waals surface area contributed by atoms with E-state index in [-0.39, 0.29) is 22.0 Å². The Labute approximate surface area is 93.5 Å². The number of aromatic amines is 1. The molecule has 1 heterocycles. The van der Waals surface area contributed by atoms with E-state index in [1.165, 1.54) is 0 Å². The van der Waals surface area contributed by atoms with Crippen LogP contribution in [-0.4, -0.2) is 27.1 Å². The molecule has 0 spiro atoms. The average Bonchev–Trinajstić information content (AvgIpc) is 2.45. The summed E-state index contributed by atoms with van der Waals surface area (Å²) >= 11 is 2.95. The van der Waals surface area contributed by atoms with Crippen LogP contribution in [0.2, 0.25) is 0 Å². The number of amides is 1. The minimum atomic E-state index is -0.650. The van der Waals surface area contributed by atoms with Crippen LogP contribution in [0.3, 0.4) is 0 Å². The van der Waals surface area contributed by atoms with Crippen LogP contribution in [0.1, 0.15) is 24.3 Å². The summed E-state index contributed by atoms with van der Waals surface area (Å²) in [5, 5.41) is 18.8. The normalized spacial score (nSPS) is 10.4. The van der Waals surface area contributed by atoms with Gasteiger partial charge in [-0.05, 0) is 34.7 Å². The molecule has 82 valence electrons. The standard InChI is InChI=1S/C7H9BrN4O3/c1-3(2)9-7(13)5-4(8)6(11-10-5)12(14)15/h3H,1-2H3,(H,9,13)(H,10,11). The first-order valence-corrected chi connectivity index (χ1v) is 4.92. The zero-order valence-corrected chi connectivity index (χ0v) is 9.66. The van der Waals surface area contributed by atoms with Crippen molar-refractivity contribution in [1.82, 2.24) is 15.5 Å². The molecule has 0 fully saturated rings. The molecule has 0 bridgehead atoms. The van der Waals surface area contributed by atoms with E-state index in [9.17, 15) is 14.9 Å². The second-order valence-electron chi connectivity index (χ2n) is 3.12. The highest BCUT2D eigenvalue weighted by atomic mass is 79.9. The van der Waals surface area contributed by atoms with Crippen LogP contribution in [0.5, 0.6) is 0 Å². The van der Waals surface area contributed by atoms with Crippen LogP contribution in [0, 0.1) is 10.1 Å². The number of halogens is 1. The monoisotopic (exact) mass is 276 g/mol. The van der Waals surface area contributed by atoms with E-state index in [1.54, 1.807) is 13.8 Å². The number of hydrogen-bond donors (Lipinski definition) is 2. The van der Waals surface area contributed by atoms with Gasteiger partial charge in [-0.2, -0.15) is 0 Å². The fraction of sp³-hybridized carbons (Fsp3) is 0.429. The third-order valence-corrected chi connectivity index (χ3v) is 2.26. The number of H-pyrrole nitrogens is 1. The highest BCUT2D eigenvalue weighted by Crippen LogP contribution is 2.25. The van der Waals surface area contributed by atoms with Crippen LogP contribution in [0.15, 0.2) is 4.47 Å². The lowest BCUT2D eigenvalue weighted by Crippen LogP contribution is -2.30. The third-order valence-electron chi connectivity index (χ3n) is 1.51. The summed E-state index contributed by atoms with van der Waals surface area (Å²) in [5.41, 5.74) is -0.0181. The SMILES string of the molecule is CC(C)NC(=O)c1n[nH]c([N+](=O)[O-])c1Br. The minimum absolute atomic E-state index is 0.0181. The summed E-state index contributed by atoms with van der Waals surface area (Å²) in [6, 6.07) is -0.0554. The molecule has 0 aromatic carbocycles. The fourth-order valence-corrected chi connectivity index (χ4v) is 1.42. The van der Waals surface area contributed by atoms with Gasteiger partial charge < -0.3 is 15.4 Å². The van der Waals surface area contributed by atoms with E-state index in [0.29, 0.717) is 0 Å². The number of aromatic nitrogens is 2. The molecule has 1 aromatic heterocycles. The highest BCUT2D eigenvalue weighted by Gasteiger charge is 2.24. The Morgan fingerprint density at radius 2 is 2.27 bits per heavy atom. The van der Waals surface area contributed by atoms with Crippen LogP contribution >= 0.6 is 15.9 Å². The molecule has 0 aliphatic rings. The lowest BCUT2D eigenvalue weighted by Gasteiger charge is -2.05. The summed E-state index contributed by atoms with van der Waals surface area (Å²) in [4.78, 5) is 21.3. The van der Waals surface area contributed by atoms with Gasteiger partial charge in [0.05, 0.1) is 0 Å². The van der Waals surface area contributed by atoms with Crippen LogP contribution in [0.4, 0.5) is 5.82 Å². The predicted molar refractivity (Wildman–Crippen MR) is 55.5 cm³/mol. The van der Waals surface area contributed by atoms with Crippen molar-refractivity contribution in [2.45, 2.75) is 19.9 Å². The van der Waals surface area contributed by atoms with Crippen LogP contribution in [-0.2, 0) is 0 Å². The Kier molecular flexibility index (Phi) is 3.40. The van der Waals surface area contributed by atoms with E-state index < -0.39 is 10.8 Å². The molecule has 0 aliphatic carbocycles. The van der Waals surface area contributed by atoms with Gasteiger partial charge in [-0.15, -0.1) is 5.10 Å². The minimum Gasteiger partial charge on any atom is -0.358 e. The van der Waals surface area contributed by atoms with Gasteiger partial charge in [-0.25, -0.2) is 0 Å². The molecule has 8 heteroatoms. The van der Waals surface area contributed by atoms with Crippen LogP contribution in [0.25, 0.3) is 0 Å². The molecule has 1 amide bonds. The molecule has 0 aliphatic heterocycles. The summed E-state index contributed by atoms with van der Waals surface area (Å²) in [6.07, 6.45) is 0.